The van der Waals surface area contributed by atoms with Crippen LogP contribution in [-0.2, 0) is 18.9 Å². The first-order chi connectivity index (χ1) is 13.8. The molecule has 0 unspecified atom stereocenters. The smallest absolute Gasteiger partial charge is 0.323 e. The Balaban J connectivity index is 1.65. The van der Waals surface area contributed by atoms with Crippen LogP contribution in [0.25, 0.3) is 6.08 Å². The van der Waals surface area contributed by atoms with Crippen LogP contribution in [0.5, 0.6) is 0 Å². The van der Waals surface area contributed by atoms with Crippen molar-refractivity contribution in [2.45, 2.75) is 0 Å². The minimum Gasteiger partial charge on any atom is -0.323 e. The lowest BCUT2D eigenvalue weighted by Gasteiger charge is -2.05. The van der Waals surface area contributed by atoms with Gasteiger partial charge in [-0.15, -0.1) is 11.3 Å². The lowest BCUT2D eigenvalue weighted by Crippen LogP contribution is -2.37. The highest BCUT2D eigenvalue weighted by Gasteiger charge is 2.08. The Morgan fingerprint density at radius 1 is 1.10 bits per heavy atom. The monoisotopic (exact) mass is 411 g/mol. The third kappa shape index (κ3) is 4.74. The average Bonchev–Trinajstić information content (AvgIpc) is 3.21. The molecule has 29 heavy (non-hydrogen) atoms. The molecule has 10 heteroatoms. The van der Waals surface area contributed by atoms with Crippen molar-refractivity contribution in [2.24, 2.45) is 14.1 Å². The summed E-state index contributed by atoms with van der Waals surface area (Å²) in [6, 6.07) is 6.33. The summed E-state index contributed by atoms with van der Waals surface area (Å²) in [4.78, 5) is 51.9. The van der Waals surface area contributed by atoms with Gasteiger partial charge in [-0.3, -0.25) is 24.3 Å². The highest BCUT2D eigenvalue weighted by molar-refractivity contribution is 7.13. The van der Waals surface area contributed by atoms with Crippen LogP contribution in [0.15, 0.2) is 57.7 Å². The van der Waals surface area contributed by atoms with Crippen molar-refractivity contribution in [3.63, 3.8) is 0 Å². The summed E-state index contributed by atoms with van der Waals surface area (Å²) in [5.41, 5.74) is 0.170. The Kier molecular flexibility index (Phi) is 5.84. The Morgan fingerprint density at radius 2 is 1.83 bits per heavy atom. The number of thiazole rings is 1. The van der Waals surface area contributed by atoms with Crippen molar-refractivity contribution in [3.8, 4) is 0 Å². The van der Waals surface area contributed by atoms with E-state index in [9.17, 15) is 19.2 Å². The third-order valence-corrected chi connectivity index (χ3v) is 4.64. The van der Waals surface area contributed by atoms with Crippen LogP contribution in [-0.4, -0.2) is 25.9 Å². The largest absolute Gasteiger partial charge is 0.330 e. The van der Waals surface area contributed by atoms with E-state index < -0.39 is 17.2 Å². The lowest BCUT2D eigenvalue weighted by atomic mass is 10.2. The third-order valence-electron chi connectivity index (χ3n) is 3.95. The van der Waals surface area contributed by atoms with E-state index in [1.54, 1.807) is 35.8 Å². The van der Waals surface area contributed by atoms with Crippen molar-refractivity contribution in [3.05, 3.63) is 80.1 Å². The number of carbonyl (C=O) groups excluding carboxylic acids is 2. The molecule has 9 nitrogen and oxygen atoms in total. The van der Waals surface area contributed by atoms with Gasteiger partial charge < -0.3 is 9.88 Å². The minimum atomic E-state index is -0.493. The van der Waals surface area contributed by atoms with E-state index in [0.29, 0.717) is 16.4 Å². The molecule has 0 aliphatic rings. The maximum Gasteiger partial charge on any atom is 0.330 e. The summed E-state index contributed by atoms with van der Waals surface area (Å²) in [6.07, 6.45) is 5.50. The molecule has 0 radical (unpaired) electrons. The van der Waals surface area contributed by atoms with E-state index in [1.165, 1.54) is 48.3 Å². The normalized spacial score (nSPS) is 10.8. The highest BCUT2D eigenvalue weighted by atomic mass is 32.1. The van der Waals surface area contributed by atoms with E-state index in [2.05, 4.69) is 15.6 Å². The molecule has 2 N–H and O–H groups in total. The SMILES string of the molecule is Cn1cc(/C=C/C(=O)Nc2ccc(C(=O)Nc3nccs3)cc2)c(=O)n(C)c1=O. The first-order valence-corrected chi connectivity index (χ1v) is 9.30. The quantitative estimate of drug-likeness (QED) is 0.617. The molecule has 0 saturated heterocycles. The summed E-state index contributed by atoms with van der Waals surface area (Å²) in [5.74, 6) is -0.760. The summed E-state index contributed by atoms with van der Waals surface area (Å²) >= 11 is 1.31. The molecule has 2 heterocycles. The molecule has 3 rings (SSSR count). The Hall–Kier alpha value is -3.79. The predicted molar refractivity (Wildman–Crippen MR) is 111 cm³/mol. The Labute approximate surface area is 169 Å². The van der Waals surface area contributed by atoms with Gasteiger partial charge in [0, 0.05) is 49.2 Å². The van der Waals surface area contributed by atoms with Crippen LogP contribution < -0.4 is 21.9 Å². The number of anilines is 2. The lowest BCUT2D eigenvalue weighted by molar-refractivity contribution is -0.111. The van der Waals surface area contributed by atoms with Gasteiger partial charge in [-0.2, -0.15) is 0 Å². The number of nitrogens with one attached hydrogen (secondary N) is 2. The van der Waals surface area contributed by atoms with Gasteiger partial charge in [0.15, 0.2) is 5.13 Å². The van der Waals surface area contributed by atoms with Crippen LogP contribution in [0.2, 0.25) is 0 Å². The Morgan fingerprint density at radius 3 is 2.48 bits per heavy atom. The van der Waals surface area contributed by atoms with Gasteiger partial charge in [-0.25, -0.2) is 9.78 Å². The minimum absolute atomic E-state index is 0.207. The van der Waals surface area contributed by atoms with Crippen molar-refractivity contribution in [2.75, 3.05) is 10.6 Å². The van der Waals surface area contributed by atoms with E-state index in [1.807, 2.05) is 0 Å². The fraction of sp³-hybridized carbons (Fsp3) is 0.105. The maximum atomic E-state index is 12.1. The number of amides is 2. The fourth-order valence-corrected chi connectivity index (χ4v) is 2.98. The fourth-order valence-electron chi connectivity index (χ4n) is 2.46. The van der Waals surface area contributed by atoms with Crippen molar-refractivity contribution in [1.29, 1.82) is 0 Å². The maximum absolute atomic E-state index is 12.1. The van der Waals surface area contributed by atoms with Crippen molar-refractivity contribution >= 4 is 40.0 Å². The van der Waals surface area contributed by atoms with Crippen LogP contribution in [0, 0.1) is 0 Å². The van der Waals surface area contributed by atoms with E-state index in [0.717, 1.165) is 4.57 Å². The summed E-state index contributed by atoms with van der Waals surface area (Å²) < 4.78 is 2.22. The number of aryl methyl sites for hydroxylation is 1. The molecule has 0 fully saturated rings. The van der Waals surface area contributed by atoms with Crippen molar-refractivity contribution < 1.29 is 9.59 Å². The van der Waals surface area contributed by atoms with Gasteiger partial charge in [0.05, 0.1) is 5.56 Å². The summed E-state index contributed by atoms with van der Waals surface area (Å²) in [6.45, 7) is 0. The summed E-state index contributed by atoms with van der Waals surface area (Å²) in [7, 11) is 2.89. The van der Waals surface area contributed by atoms with Gasteiger partial charge in [-0.05, 0) is 30.3 Å². The van der Waals surface area contributed by atoms with Crippen molar-refractivity contribution in [1.82, 2.24) is 14.1 Å². The second-order valence-corrected chi connectivity index (χ2v) is 6.93. The number of benzene rings is 1. The molecule has 0 spiro atoms. The molecule has 1 aromatic carbocycles. The second-order valence-electron chi connectivity index (χ2n) is 6.03. The molecular weight excluding hydrogens is 394 g/mol. The van der Waals surface area contributed by atoms with E-state index >= 15 is 0 Å². The molecule has 2 aromatic heterocycles. The molecule has 0 aliphatic carbocycles. The number of hydrogen-bond acceptors (Lipinski definition) is 6. The topological polar surface area (TPSA) is 115 Å². The number of hydrogen-bond donors (Lipinski definition) is 2. The van der Waals surface area contributed by atoms with Crippen LogP contribution >= 0.6 is 11.3 Å². The molecular formula is C19H17N5O4S. The molecule has 0 atom stereocenters. The van der Waals surface area contributed by atoms with Gasteiger partial charge in [0.25, 0.3) is 11.5 Å². The standard InChI is InChI=1S/C19H17N5O4S/c1-23-11-13(17(27)24(2)19(23)28)5-8-15(25)21-14-6-3-12(4-7-14)16(26)22-18-20-9-10-29-18/h3-11H,1-2H3,(H,21,25)(H,20,22,26)/b8-5+. The number of aromatic nitrogens is 3. The molecule has 0 saturated carbocycles. The highest BCUT2D eigenvalue weighted by Crippen LogP contribution is 2.14. The zero-order valence-corrected chi connectivity index (χ0v) is 16.4. The zero-order valence-electron chi connectivity index (χ0n) is 15.6. The van der Waals surface area contributed by atoms with E-state index in [-0.39, 0.29) is 11.5 Å². The first kappa shape index (κ1) is 20.0. The molecule has 2 amide bonds. The number of nitrogens with zero attached hydrogens (tertiary/aromatic N) is 3. The van der Waals surface area contributed by atoms with Gasteiger partial charge in [0.1, 0.15) is 0 Å². The van der Waals surface area contributed by atoms with Crippen LogP contribution in [0.3, 0.4) is 0 Å². The second kappa shape index (κ2) is 8.48. The Bertz CT molecular complexity index is 1190. The number of rotatable bonds is 5. The predicted octanol–water partition coefficient (Wildman–Crippen LogP) is 1.44. The van der Waals surface area contributed by atoms with E-state index in [4.69, 9.17) is 0 Å². The van der Waals surface area contributed by atoms with Gasteiger partial charge >= 0.3 is 5.69 Å². The zero-order chi connectivity index (χ0) is 21.0. The molecule has 148 valence electrons. The number of carbonyl (C=O) groups is 2. The van der Waals surface area contributed by atoms with Crippen LogP contribution in [0.4, 0.5) is 10.8 Å². The molecule has 3 aromatic rings. The summed E-state index contributed by atoms with van der Waals surface area (Å²) in [5, 5.41) is 7.57. The molecule has 0 bridgehead atoms. The van der Waals surface area contributed by atoms with Gasteiger partial charge in [0.2, 0.25) is 5.91 Å². The molecule has 0 aliphatic heterocycles. The van der Waals surface area contributed by atoms with Crippen LogP contribution in [0.1, 0.15) is 15.9 Å². The van der Waals surface area contributed by atoms with Gasteiger partial charge in [-0.1, -0.05) is 0 Å². The average molecular weight is 411 g/mol. The first-order valence-electron chi connectivity index (χ1n) is 8.42.